The predicted octanol–water partition coefficient (Wildman–Crippen LogP) is 3.48. The molecule has 1 atom stereocenters. The van der Waals surface area contributed by atoms with Crippen LogP contribution in [0.25, 0.3) is 0 Å². The summed E-state index contributed by atoms with van der Waals surface area (Å²) in [6, 6.07) is 4.10. The first-order chi connectivity index (χ1) is 6.33. The minimum absolute atomic E-state index is 0.140. The van der Waals surface area contributed by atoms with Crippen LogP contribution < -0.4 is 0 Å². The third-order valence-electron chi connectivity index (χ3n) is 1.64. The smallest absolute Gasteiger partial charge is 0.0588 e. The van der Waals surface area contributed by atoms with Gasteiger partial charge in [-0.15, -0.1) is 11.3 Å². The molecule has 1 aromatic rings. The van der Waals surface area contributed by atoms with Gasteiger partial charge in [0.15, 0.2) is 0 Å². The Morgan fingerprint density at radius 1 is 1.46 bits per heavy atom. The van der Waals surface area contributed by atoms with Crippen molar-refractivity contribution in [2.75, 3.05) is 0 Å². The number of rotatable bonds is 4. The van der Waals surface area contributed by atoms with Crippen molar-refractivity contribution in [1.29, 1.82) is 0 Å². The minimum Gasteiger partial charge on any atom is -0.393 e. The van der Waals surface area contributed by atoms with Crippen LogP contribution in [-0.4, -0.2) is 11.2 Å². The molecule has 0 bridgehead atoms. The predicted molar refractivity (Wildman–Crippen MR) is 60.3 cm³/mol. The first-order valence-electron chi connectivity index (χ1n) is 5.03. The van der Waals surface area contributed by atoms with Crippen molar-refractivity contribution in [3.8, 4) is 0 Å². The largest absolute Gasteiger partial charge is 0.393 e. The fourth-order valence-corrected chi connectivity index (χ4v) is 1.87. The van der Waals surface area contributed by atoms with Crippen LogP contribution in [0.15, 0.2) is 17.5 Å². The van der Waals surface area contributed by atoms with E-state index in [-0.39, 0.29) is 6.10 Å². The SMILES string of the molecule is CC.CCCC(O)Cc1cccs1. The molecule has 0 fully saturated rings. The summed E-state index contributed by atoms with van der Waals surface area (Å²) in [5.74, 6) is 0. The highest BCUT2D eigenvalue weighted by Crippen LogP contribution is 2.12. The van der Waals surface area contributed by atoms with Crippen LogP contribution in [0.4, 0.5) is 0 Å². The van der Waals surface area contributed by atoms with Crippen molar-refractivity contribution >= 4 is 11.3 Å². The normalized spacial score (nSPS) is 11.7. The zero-order valence-electron chi connectivity index (χ0n) is 8.79. The van der Waals surface area contributed by atoms with Gasteiger partial charge in [-0.05, 0) is 17.9 Å². The summed E-state index contributed by atoms with van der Waals surface area (Å²) in [6.45, 7) is 6.09. The zero-order chi connectivity index (χ0) is 10.1. The topological polar surface area (TPSA) is 20.2 Å². The molecule has 0 spiro atoms. The summed E-state index contributed by atoms with van der Waals surface area (Å²) in [5, 5.41) is 11.5. The van der Waals surface area contributed by atoms with E-state index < -0.39 is 0 Å². The molecule has 0 amide bonds. The van der Waals surface area contributed by atoms with Crippen LogP contribution in [0.2, 0.25) is 0 Å². The Balaban J connectivity index is 0.000000671. The third-order valence-corrected chi connectivity index (χ3v) is 2.54. The van der Waals surface area contributed by atoms with E-state index in [9.17, 15) is 5.11 Å². The molecule has 0 saturated carbocycles. The summed E-state index contributed by atoms with van der Waals surface area (Å²) in [7, 11) is 0. The summed E-state index contributed by atoms with van der Waals surface area (Å²) in [6.07, 6.45) is 2.66. The van der Waals surface area contributed by atoms with Gasteiger partial charge >= 0.3 is 0 Å². The molecular weight excluding hydrogens is 180 g/mol. The van der Waals surface area contributed by atoms with E-state index in [1.807, 2.05) is 25.3 Å². The first kappa shape index (κ1) is 12.7. The third kappa shape index (κ3) is 5.83. The molecule has 0 aliphatic rings. The lowest BCUT2D eigenvalue weighted by molar-refractivity contribution is 0.165. The Morgan fingerprint density at radius 2 is 2.15 bits per heavy atom. The molecule has 2 heteroatoms. The van der Waals surface area contributed by atoms with Crippen molar-refractivity contribution in [3.05, 3.63) is 22.4 Å². The highest BCUT2D eigenvalue weighted by atomic mass is 32.1. The molecule has 1 aromatic heterocycles. The van der Waals surface area contributed by atoms with Crippen molar-refractivity contribution in [2.45, 2.75) is 46.1 Å². The lowest BCUT2D eigenvalue weighted by Crippen LogP contribution is -2.08. The average molecular weight is 200 g/mol. The van der Waals surface area contributed by atoms with Crippen molar-refractivity contribution < 1.29 is 5.11 Å². The van der Waals surface area contributed by atoms with E-state index in [4.69, 9.17) is 0 Å². The van der Waals surface area contributed by atoms with Gasteiger partial charge in [0, 0.05) is 11.3 Å². The van der Waals surface area contributed by atoms with Gasteiger partial charge in [-0.2, -0.15) is 0 Å². The van der Waals surface area contributed by atoms with Crippen LogP contribution >= 0.6 is 11.3 Å². The first-order valence-corrected chi connectivity index (χ1v) is 5.91. The van der Waals surface area contributed by atoms with E-state index in [1.54, 1.807) is 11.3 Å². The van der Waals surface area contributed by atoms with Gasteiger partial charge in [0.2, 0.25) is 0 Å². The van der Waals surface area contributed by atoms with Gasteiger partial charge in [-0.25, -0.2) is 0 Å². The molecule has 1 nitrogen and oxygen atoms in total. The molecule has 1 N–H and O–H groups in total. The van der Waals surface area contributed by atoms with Gasteiger partial charge < -0.3 is 5.11 Å². The zero-order valence-corrected chi connectivity index (χ0v) is 9.60. The molecule has 76 valence electrons. The molecule has 1 heterocycles. The second-order valence-electron chi connectivity index (χ2n) is 2.73. The molecule has 0 aromatic carbocycles. The number of thiophene rings is 1. The van der Waals surface area contributed by atoms with Crippen LogP contribution in [0, 0.1) is 0 Å². The molecule has 13 heavy (non-hydrogen) atoms. The molecule has 0 aliphatic carbocycles. The number of aliphatic hydroxyl groups excluding tert-OH is 1. The van der Waals surface area contributed by atoms with E-state index in [2.05, 4.69) is 13.0 Å². The second-order valence-corrected chi connectivity index (χ2v) is 3.76. The van der Waals surface area contributed by atoms with E-state index in [1.165, 1.54) is 4.88 Å². The maximum Gasteiger partial charge on any atom is 0.0588 e. The Kier molecular flexibility index (Phi) is 8.05. The Labute approximate surface area is 85.4 Å². The standard InChI is InChI=1S/C9H14OS.C2H6/c1-2-4-8(10)7-9-5-3-6-11-9;1-2/h3,5-6,8,10H,2,4,7H2,1H3;1-2H3. The monoisotopic (exact) mass is 200 g/mol. The Hall–Kier alpha value is -0.340. The van der Waals surface area contributed by atoms with Crippen LogP contribution in [0.1, 0.15) is 38.5 Å². The van der Waals surface area contributed by atoms with Crippen LogP contribution in [0.5, 0.6) is 0 Å². The fraction of sp³-hybridized carbons (Fsp3) is 0.636. The van der Waals surface area contributed by atoms with Gasteiger partial charge in [0.1, 0.15) is 0 Å². The number of hydrogen-bond acceptors (Lipinski definition) is 2. The average Bonchev–Trinajstić information content (AvgIpc) is 2.61. The molecular formula is C11H20OS. The second kappa shape index (κ2) is 8.27. The van der Waals surface area contributed by atoms with Crippen molar-refractivity contribution in [2.24, 2.45) is 0 Å². The summed E-state index contributed by atoms with van der Waals surface area (Å²) in [4.78, 5) is 1.28. The highest BCUT2D eigenvalue weighted by Gasteiger charge is 2.03. The molecule has 1 rings (SSSR count). The minimum atomic E-state index is -0.140. The fourth-order valence-electron chi connectivity index (χ4n) is 1.10. The van der Waals surface area contributed by atoms with Crippen molar-refractivity contribution in [3.63, 3.8) is 0 Å². The Morgan fingerprint density at radius 3 is 2.62 bits per heavy atom. The molecule has 1 unspecified atom stereocenters. The van der Waals surface area contributed by atoms with Gasteiger partial charge in [-0.3, -0.25) is 0 Å². The van der Waals surface area contributed by atoms with Crippen LogP contribution in [0.3, 0.4) is 0 Å². The molecule has 0 aliphatic heterocycles. The lowest BCUT2D eigenvalue weighted by atomic mass is 10.1. The van der Waals surface area contributed by atoms with Crippen molar-refractivity contribution in [1.82, 2.24) is 0 Å². The highest BCUT2D eigenvalue weighted by molar-refractivity contribution is 7.09. The van der Waals surface area contributed by atoms with Gasteiger partial charge in [-0.1, -0.05) is 33.3 Å². The maximum atomic E-state index is 9.43. The van der Waals surface area contributed by atoms with E-state index in [0.717, 1.165) is 19.3 Å². The van der Waals surface area contributed by atoms with Gasteiger partial charge in [0.25, 0.3) is 0 Å². The maximum absolute atomic E-state index is 9.43. The van der Waals surface area contributed by atoms with E-state index in [0.29, 0.717) is 0 Å². The van der Waals surface area contributed by atoms with E-state index >= 15 is 0 Å². The number of aliphatic hydroxyl groups is 1. The quantitative estimate of drug-likeness (QED) is 0.789. The van der Waals surface area contributed by atoms with Crippen LogP contribution in [-0.2, 0) is 6.42 Å². The molecule has 0 radical (unpaired) electrons. The Bertz CT molecular complexity index is 182. The summed E-state index contributed by atoms with van der Waals surface area (Å²) >= 11 is 1.72. The molecule has 0 saturated heterocycles. The summed E-state index contributed by atoms with van der Waals surface area (Å²) in [5.41, 5.74) is 0. The summed E-state index contributed by atoms with van der Waals surface area (Å²) < 4.78 is 0. The lowest BCUT2D eigenvalue weighted by Gasteiger charge is -2.05. The van der Waals surface area contributed by atoms with Gasteiger partial charge in [0.05, 0.1) is 6.10 Å². The number of hydrogen-bond donors (Lipinski definition) is 1.